The molecule has 11 heteroatoms. The van der Waals surface area contributed by atoms with Crippen molar-refractivity contribution in [1.82, 2.24) is 10.2 Å². The number of hydrogen-bond donors (Lipinski definition) is 4. The largest absolute Gasteiger partial charge is 0.493 e. The lowest BCUT2D eigenvalue weighted by Gasteiger charge is -2.58. The van der Waals surface area contributed by atoms with Gasteiger partial charge < -0.3 is 39.7 Å². The van der Waals surface area contributed by atoms with Gasteiger partial charge in [0.2, 0.25) is 11.8 Å². The Morgan fingerprint density at radius 3 is 2.35 bits per heavy atom. The highest BCUT2D eigenvalue weighted by Crippen LogP contribution is 2.60. The lowest BCUT2D eigenvalue weighted by atomic mass is 9.49. The molecule has 10 nitrogen and oxygen atoms in total. The fourth-order valence-electron chi connectivity index (χ4n) is 10.7. The van der Waals surface area contributed by atoms with E-state index in [2.05, 4.69) is 48.7 Å². The predicted octanol–water partition coefficient (Wildman–Crippen LogP) is 5.23. The highest BCUT2D eigenvalue weighted by atomic mass is 127. The Labute approximate surface area is 317 Å². The minimum Gasteiger partial charge on any atom is -0.493 e. The fourth-order valence-corrected chi connectivity index (χ4v) is 11.5. The Kier molecular flexibility index (Phi) is 12.6. The zero-order valence-electron chi connectivity index (χ0n) is 30.8. The van der Waals surface area contributed by atoms with Gasteiger partial charge in [0.15, 0.2) is 11.5 Å². The molecule has 0 radical (unpaired) electrons. The van der Waals surface area contributed by atoms with Crippen molar-refractivity contribution in [3.05, 3.63) is 32.9 Å². The van der Waals surface area contributed by atoms with Crippen molar-refractivity contribution in [2.24, 2.45) is 40.9 Å². The van der Waals surface area contributed by atoms with Crippen LogP contribution in [0.4, 0.5) is 0 Å². The van der Waals surface area contributed by atoms with E-state index in [0.29, 0.717) is 68.3 Å². The second-order valence-electron chi connectivity index (χ2n) is 16.9. The normalized spacial score (nSPS) is 34.3. The molecule has 5 saturated carbocycles. The topological polar surface area (TPSA) is 138 Å². The maximum Gasteiger partial charge on any atom is 0.248 e. The number of aliphatic hydroxyl groups excluding tert-OH is 3. The van der Waals surface area contributed by atoms with E-state index in [0.717, 1.165) is 32.1 Å². The Morgan fingerprint density at radius 1 is 1.06 bits per heavy atom. The smallest absolute Gasteiger partial charge is 0.248 e. The summed E-state index contributed by atoms with van der Waals surface area (Å²) in [6.45, 7) is 6.91. The van der Waals surface area contributed by atoms with Crippen LogP contribution in [-0.4, -0.2) is 89.8 Å². The van der Waals surface area contributed by atoms with Crippen LogP contribution in [0.15, 0.2) is 23.8 Å². The standard InChI is InChI=1S/C40H59IN2O8/c1-23(2)30-6-5-24(3)9-33(30)50-21-36(46)43(22-40-17-25-10-26(18-40)12-27(11-25)19-40)32-15-29(39(48)42-7-8-44)16-34(37(32)47)51-38-31(41)13-28(20-45)14-35(38)49-4/h13-14,16,23-27,30,32-34,37,44-45,47H,5-12,15,17-22H2,1-4H3,(H,42,48). The van der Waals surface area contributed by atoms with E-state index in [9.17, 15) is 24.9 Å². The number of carbonyl (C=O) groups is 2. The molecule has 0 aliphatic heterocycles. The first-order chi connectivity index (χ1) is 24.4. The average Bonchev–Trinajstić information content (AvgIpc) is 3.09. The lowest BCUT2D eigenvalue weighted by Crippen LogP contribution is -2.60. The van der Waals surface area contributed by atoms with Crippen LogP contribution in [0.1, 0.15) is 90.5 Å². The van der Waals surface area contributed by atoms with E-state index in [4.69, 9.17) is 14.2 Å². The Hall–Kier alpha value is -1.93. The molecule has 0 aromatic heterocycles. The number of nitrogens with one attached hydrogen (secondary N) is 1. The van der Waals surface area contributed by atoms with Gasteiger partial charge in [-0.3, -0.25) is 9.59 Å². The van der Waals surface area contributed by atoms with Gasteiger partial charge in [0, 0.05) is 25.1 Å². The molecule has 1 aromatic carbocycles. The molecule has 0 spiro atoms. The molecule has 0 heterocycles. The second kappa shape index (κ2) is 16.6. The summed E-state index contributed by atoms with van der Waals surface area (Å²) in [5.74, 6) is 3.72. The van der Waals surface area contributed by atoms with E-state index in [-0.39, 0.29) is 56.1 Å². The number of benzene rings is 1. The number of amides is 2. The summed E-state index contributed by atoms with van der Waals surface area (Å²) in [6, 6.07) is 2.76. The predicted molar refractivity (Wildman–Crippen MR) is 202 cm³/mol. The van der Waals surface area contributed by atoms with Crippen molar-refractivity contribution in [1.29, 1.82) is 0 Å². The van der Waals surface area contributed by atoms with Crippen molar-refractivity contribution >= 4 is 34.4 Å². The Bertz CT molecular complexity index is 1400. The maximum absolute atomic E-state index is 14.7. The molecule has 51 heavy (non-hydrogen) atoms. The summed E-state index contributed by atoms with van der Waals surface area (Å²) in [5.41, 5.74) is 1.04. The van der Waals surface area contributed by atoms with Crippen LogP contribution in [0.25, 0.3) is 0 Å². The molecule has 1 aromatic rings. The number of rotatable bonds is 14. The summed E-state index contributed by atoms with van der Waals surface area (Å²) in [7, 11) is 1.52. The number of hydrogen-bond acceptors (Lipinski definition) is 8. The quantitative estimate of drug-likeness (QED) is 0.188. The molecule has 6 atom stereocenters. The van der Waals surface area contributed by atoms with Crippen molar-refractivity contribution in [2.45, 2.75) is 116 Å². The third kappa shape index (κ3) is 8.74. The molecule has 4 N–H and O–H groups in total. The monoisotopic (exact) mass is 822 g/mol. The van der Waals surface area contributed by atoms with E-state index in [1.54, 1.807) is 18.2 Å². The van der Waals surface area contributed by atoms with E-state index < -0.39 is 18.2 Å². The van der Waals surface area contributed by atoms with Crippen LogP contribution < -0.4 is 14.8 Å². The summed E-state index contributed by atoms with van der Waals surface area (Å²) in [6.07, 6.45) is 9.99. The highest BCUT2D eigenvalue weighted by Gasteiger charge is 2.53. The molecule has 6 unspecified atom stereocenters. The maximum atomic E-state index is 14.7. The Morgan fingerprint density at radius 2 is 1.75 bits per heavy atom. The van der Waals surface area contributed by atoms with Gasteiger partial charge in [0.25, 0.3) is 0 Å². The summed E-state index contributed by atoms with van der Waals surface area (Å²) in [5, 5.41) is 34.3. The number of carbonyl (C=O) groups excluding carboxylic acids is 2. The van der Waals surface area contributed by atoms with E-state index >= 15 is 0 Å². The van der Waals surface area contributed by atoms with Crippen molar-refractivity contribution in [2.75, 3.05) is 33.4 Å². The number of nitrogens with zero attached hydrogens (tertiary/aromatic N) is 1. The minimum atomic E-state index is -1.15. The number of halogens is 1. The molecule has 6 aliphatic carbocycles. The average molecular weight is 823 g/mol. The number of ether oxygens (including phenoxy) is 3. The molecule has 2 amide bonds. The highest BCUT2D eigenvalue weighted by molar-refractivity contribution is 14.1. The number of aliphatic hydroxyl groups is 3. The first kappa shape index (κ1) is 38.8. The van der Waals surface area contributed by atoms with E-state index in [1.165, 1.54) is 32.8 Å². The van der Waals surface area contributed by atoms with Crippen LogP contribution in [0.3, 0.4) is 0 Å². The van der Waals surface area contributed by atoms with Gasteiger partial charge in [-0.15, -0.1) is 0 Å². The van der Waals surface area contributed by atoms with Gasteiger partial charge in [0.05, 0.1) is 36.0 Å². The minimum absolute atomic E-state index is 0.00242. The van der Waals surface area contributed by atoms with Gasteiger partial charge in [0.1, 0.15) is 18.8 Å². The van der Waals surface area contributed by atoms with Crippen LogP contribution in [0.5, 0.6) is 11.5 Å². The van der Waals surface area contributed by atoms with Crippen LogP contribution in [0, 0.1) is 44.5 Å². The van der Waals surface area contributed by atoms with Crippen LogP contribution >= 0.6 is 22.6 Å². The molecule has 284 valence electrons. The van der Waals surface area contributed by atoms with Gasteiger partial charge in [-0.25, -0.2) is 0 Å². The third-order valence-electron chi connectivity index (χ3n) is 12.7. The third-order valence-corrected chi connectivity index (χ3v) is 13.5. The second-order valence-corrected chi connectivity index (χ2v) is 18.1. The van der Waals surface area contributed by atoms with Gasteiger partial charge >= 0.3 is 0 Å². The van der Waals surface area contributed by atoms with E-state index in [1.807, 2.05) is 4.90 Å². The molecule has 6 aliphatic rings. The zero-order chi connectivity index (χ0) is 36.4. The first-order valence-corrected chi connectivity index (χ1v) is 20.3. The first-order valence-electron chi connectivity index (χ1n) is 19.2. The van der Waals surface area contributed by atoms with Crippen molar-refractivity contribution < 1.29 is 39.1 Å². The summed E-state index contributed by atoms with van der Waals surface area (Å²) < 4.78 is 19.4. The van der Waals surface area contributed by atoms with Gasteiger partial charge in [-0.1, -0.05) is 27.2 Å². The van der Waals surface area contributed by atoms with Crippen LogP contribution in [0.2, 0.25) is 0 Å². The zero-order valence-corrected chi connectivity index (χ0v) is 33.0. The van der Waals surface area contributed by atoms with Gasteiger partial charge in [-0.2, -0.15) is 0 Å². The lowest BCUT2D eigenvalue weighted by molar-refractivity contribution is -0.156. The van der Waals surface area contributed by atoms with Crippen LogP contribution in [-0.2, 0) is 20.9 Å². The molecule has 4 bridgehead atoms. The molecular weight excluding hydrogens is 763 g/mol. The SMILES string of the molecule is COc1cc(CO)cc(I)c1OC1C=C(C(=O)NCCO)CC(N(CC23CC4CC(CC(C4)C2)C3)C(=O)COC2CC(C)CCC2C(C)C)C1O. The number of methoxy groups -OCH3 is 1. The molecule has 0 saturated heterocycles. The molecule has 5 fully saturated rings. The molecule has 7 rings (SSSR count). The molecular formula is C40H59IN2O8. The van der Waals surface area contributed by atoms with Crippen molar-refractivity contribution in [3.63, 3.8) is 0 Å². The fraction of sp³-hybridized carbons (Fsp3) is 0.750. The summed E-state index contributed by atoms with van der Waals surface area (Å²) >= 11 is 2.12. The Balaban J connectivity index is 1.33. The van der Waals surface area contributed by atoms with Gasteiger partial charge in [-0.05, 0) is 139 Å². The van der Waals surface area contributed by atoms with Crippen molar-refractivity contribution in [3.8, 4) is 11.5 Å². The summed E-state index contributed by atoms with van der Waals surface area (Å²) in [4.78, 5) is 30.1.